The molecule has 2 aromatic carbocycles. The highest BCUT2D eigenvalue weighted by atomic mass is 35.5. The van der Waals surface area contributed by atoms with E-state index in [2.05, 4.69) is 10.6 Å². The second-order valence-corrected chi connectivity index (χ2v) is 6.53. The number of hydrogen-bond acceptors (Lipinski definition) is 2. The van der Waals surface area contributed by atoms with Crippen molar-refractivity contribution in [2.45, 2.75) is 13.5 Å². The van der Waals surface area contributed by atoms with Crippen molar-refractivity contribution in [2.24, 2.45) is 0 Å². The van der Waals surface area contributed by atoms with Gasteiger partial charge in [-0.3, -0.25) is 9.59 Å². The zero-order valence-electron chi connectivity index (χ0n) is 14.7. The molecule has 2 amide bonds. The van der Waals surface area contributed by atoms with E-state index in [4.69, 9.17) is 11.6 Å². The molecule has 5 nitrogen and oxygen atoms in total. The van der Waals surface area contributed by atoms with Gasteiger partial charge >= 0.3 is 0 Å². The monoisotopic (exact) mass is 360 g/mol. The summed E-state index contributed by atoms with van der Waals surface area (Å²) in [7, 11) is 3.57. The van der Waals surface area contributed by atoms with Crippen LogP contribution < -0.4 is 15.5 Å². The Kier molecular flexibility index (Phi) is 6.56. The van der Waals surface area contributed by atoms with E-state index in [1.807, 2.05) is 38.2 Å². The number of halogens is 1. The Morgan fingerprint density at radius 1 is 1.12 bits per heavy atom. The van der Waals surface area contributed by atoms with Crippen molar-refractivity contribution >= 4 is 29.1 Å². The molecule has 6 heteroatoms. The van der Waals surface area contributed by atoms with E-state index < -0.39 is 0 Å². The zero-order valence-corrected chi connectivity index (χ0v) is 15.4. The van der Waals surface area contributed by atoms with Gasteiger partial charge in [0.1, 0.15) is 6.54 Å². The maximum absolute atomic E-state index is 12.2. The molecule has 1 unspecified atom stereocenters. The molecule has 0 fully saturated rings. The average molecular weight is 361 g/mol. The Balaban J connectivity index is 1.89. The number of likely N-dealkylation sites (N-methyl/N-ethyl adjacent to an activating group) is 1. The molecule has 2 rings (SSSR count). The van der Waals surface area contributed by atoms with Crippen LogP contribution >= 0.6 is 11.6 Å². The second-order valence-electron chi connectivity index (χ2n) is 6.09. The van der Waals surface area contributed by atoms with Gasteiger partial charge in [0, 0.05) is 28.9 Å². The zero-order chi connectivity index (χ0) is 18.4. The summed E-state index contributed by atoms with van der Waals surface area (Å²) < 4.78 is 0. The van der Waals surface area contributed by atoms with Crippen molar-refractivity contribution < 1.29 is 14.5 Å². The van der Waals surface area contributed by atoms with Crippen LogP contribution in [0.5, 0.6) is 0 Å². The summed E-state index contributed by atoms with van der Waals surface area (Å²) in [6.07, 6.45) is 0. The van der Waals surface area contributed by atoms with Crippen LogP contribution in [0.1, 0.15) is 21.5 Å². The molecule has 0 aliphatic heterocycles. The number of amides is 2. The number of quaternary nitrogens is 1. The number of hydrogen-bond donors (Lipinski definition) is 3. The molecule has 3 N–H and O–H groups in total. The second kappa shape index (κ2) is 8.65. The van der Waals surface area contributed by atoms with Gasteiger partial charge in [-0.15, -0.1) is 0 Å². The molecular formula is C19H23ClN3O2+. The van der Waals surface area contributed by atoms with Gasteiger partial charge in [-0.25, -0.2) is 0 Å². The van der Waals surface area contributed by atoms with E-state index in [-0.39, 0.29) is 11.8 Å². The number of anilines is 1. The molecule has 0 saturated carbocycles. The first-order valence-electron chi connectivity index (χ1n) is 8.07. The van der Waals surface area contributed by atoms with Crippen molar-refractivity contribution in [2.75, 3.05) is 26.0 Å². The fraction of sp³-hybridized carbons (Fsp3) is 0.263. The van der Waals surface area contributed by atoms with Crippen LogP contribution in [0.25, 0.3) is 0 Å². The summed E-state index contributed by atoms with van der Waals surface area (Å²) >= 11 is 5.93. The molecule has 0 aromatic heterocycles. The van der Waals surface area contributed by atoms with Crippen LogP contribution in [0.15, 0.2) is 42.5 Å². The molecule has 0 bridgehead atoms. The lowest BCUT2D eigenvalue weighted by Gasteiger charge is -2.15. The summed E-state index contributed by atoms with van der Waals surface area (Å²) in [6, 6.07) is 12.8. The summed E-state index contributed by atoms with van der Waals surface area (Å²) in [4.78, 5) is 24.8. The van der Waals surface area contributed by atoms with Crippen LogP contribution in [0.4, 0.5) is 5.69 Å². The molecular weight excluding hydrogens is 338 g/mol. The third-order valence-electron chi connectivity index (χ3n) is 3.87. The van der Waals surface area contributed by atoms with Gasteiger partial charge in [0.15, 0.2) is 6.54 Å². The average Bonchev–Trinajstić information content (AvgIpc) is 2.57. The van der Waals surface area contributed by atoms with Crippen LogP contribution in [0, 0.1) is 6.92 Å². The minimum atomic E-state index is -0.107. The van der Waals surface area contributed by atoms with E-state index in [9.17, 15) is 9.59 Å². The van der Waals surface area contributed by atoms with E-state index in [0.29, 0.717) is 23.7 Å². The summed E-state index contributed by atoms with van der Waals surface area (Å²) in [5.41, 5.74) is 3.40. The third-order valence-corrected chi connectivity index (χ3v) is 4.11. The Hall–Kier alpha value is -2.37. The highest BCUT2D eigenvalue weighted by Crippen LogP contribution is 2.19. The van der Waals surface area contributed by atoms with Crippen molar-refractivity contribution in [3.8, 4) is 0 Å². The van der Waals surface area contributed by atoms with Gasteiger partial charge in [0.05, 0.1) is 7.05 Å². The summed E-state index contributed by atoms with van der Waals surface area (Å²) in [5.74, 6) is -0.158. The number of benzene rings is 2. The van der Waals surface area contributed by atoms with Gasteiger partial charge in [0.2, 0.25) is 0 Å². The molecule has 0 heterocycles. The van der Waals surface area contributed by atoms with Crippen molar-refractivity contribution in [3.63, 3.8) is 0 Å². The fourth-order valence-electron chi connectivity index (χ4n) is 2.57. The predicted molar refractivity (Wildman–Crippen MR) is 100 cm³/mol. The summed E-state index contributed by atoms with van der Waals surface area (Å²) in [6.45, 7) is 2.95. The first-order valence-corrected chi connectivity index (χ1v) is 8.45. The van der Waals surface area contributed by atoms with Gasteiger partial charge in [-0.05, 0) is 42.8 Å². The van der Waals surface area contributed by atoms with Gasteiger partial charge in [-0.1, -0.05) is 23.7 Å². The maximum Gasteiger partial charge on any atom is 0.279 e. The lowest BCUT2D eigenvalue weighted by molar-refractivity contribution is -0.885. The lowest BCUT2D eigenvalue weighted by Crippen LogP contribution is -3.08. The predicted octanol–water partition coefficient (Wildman–Crippen LogP) is 1.66. The summed E-state index contributed by atoms with van der Waals surface area (Å²) in [5, 5.41) is 6.16. The smallest absolute Gasteiger partial charge is 0.279 e. The number of aryl methyl sites for hydroxylation is 1. The number of carbonyl (C=O) groups is 2. The van der Waals surface area contributed by atoms with E-state index in [1.165, 1.54) is 0 Å². The van der Waals surface area contributed by atoms with E-state index in [0.717, 1.165) is 21.7 Å². The molecule has 1 atom stereocenters. The first-order chi connectivity index (χ1) is 11.9. The Labute approximate surface area is 153 Å². The van der Waals surface area contributed by atoms with E-state index >= 15 is 0 Å². The third kappa shape index (κ3) is 5.59. The lowest BCUT2D eigenvalue weighted by atomic mass is 10.1. The van der Waals surface area contributed by atoms with Crippen LogP contribution in [0.2, 0.25) is 5.02 Å². The molecule has 132 valence electrons. The minimum absolute atomic E-state index is 0.0510. The molecule has 0 spiro atoms. The number of nitrogens with one attached hydrogen (secondary N) is 3. The molecule has 0 aliphatic carbocycles. The van der Waals surface area contributed by atoms with Crippen molar-refractivity contribution in [1.29, 1.82) is 0 Å². The quantitative estimate of drug-likeness (QED) is 0.733. The molecule has 0 aliphatic rings. The van der Waals surface area contributed by atoms with Crippen LogP contribution in [-0.2, 0) is 11.3 Å². The topological polar surface area (TPSA) is 62.6 Å². The van der Waals surface area contributed by atoms with Crippen molar-refractivity contribution in [1.82, 2.24) is 5.32 Å². The van der Waals surface area contributed by atoms with Gasteiger partial charge < -0.3 is 15.5 Å². The number of rotatable bonds is 6. The standard InChI is InChI=1S/C19H22ClN3O2/c1-13-10-16(20)8-9-17(13)22-18(24)12-23(3)11-14-4-6-15(7-5-14)19(25)21-2/h4-10H,11-12H2,1-3H3,(H,21,25)(H,22,24)/p+1. The number of carbonyl (C=O) groups excluding carboxylic acids is 2. The molecule has 0 saturated heterocycles. The van der Waals surface area contributed by atoms with Gasteiger partial charge in [-0.2, -0.15) is 0 Å². The normalized spacial score (nSPS) is 11.7. The van der Waals surface area contributed by atoms with Crippen LogP contribution in [-0.4, -0.2) is 32.5 Å². The van der Waals surface area contributed by atoms with E-state index in [1.54, 1.807) is 25.2 Å². The largest absolute Gasteiger partial charge is 0.355 e. The Morgan fingerprint density at radius 3 is 2.40 bits per heavy atom. The van der Waals surface area contributed by atoms with Crippen molar-refractivity contribution in [3.05, 3.63) is 64.2 Å². The highest BCUT2D eigenvalue weighted by Gasteiger charge is 2.12. The molecule has 0 radical (unpaired) electrons. The Bertz CT molecular complexity index is 760. The molecule has 2 aromatic rings. The van der Waals surface area contributed by atoms with Gasteiger partial charge in [0.25, 0.3) is 11.8 Å². The first kappa shape index (κ1) is 19.0. The minimum Gasteiger partial charge on any atom is -0.355 e. The highest BCUT2D eigenvalue weighted by molar-refractivity contribution is 6.30. The van der Waals surface area contributed by atoms with Crippen LogP contribution in [0.3, 0.4) is 0 Å². The molecule has 25 heavy (non-hydrogen) atoms. The fourth-order valence-corrected chi connectivity index (χ4v) is 2.79. The maximum atomic E-state index is 12.2. The SMILES string of the molecule is CNC(=O)c1ccc(C[NH+](C)CC(=O)Nc2ccc(Cl)cc2C)cc1. The Morgan fingerprint density at radius 2 is 1.80 bits per heavy atom.